The molecule has 8 nitrogen and oxygen atoms in total. The van der Waals surface area contributed by atoms with Crippen LogP contribution in [0.25, 0.3) is 11.6 Å². The number of benzene rings is 1. The number of hydrogen-bond acceptors (Lipinski definition) is 5. The van der Waals surface area contributed by atoms with Crippen molar-refractivity contribution in [1.82, 2.24) is 24.3 Å². The second-order valence-electron chi connectivity index (χ2n) is 5.94. The van der Waals surface area contributed by atoms with Crippen LogP contribution >= 0.6 is 0 Å². The maximum Gasteiger partial charge on any atom is 0.437 e. The van der Waals surface area contributed by atoms with Crippen LogP contribution in [0.4, 0.5) is 23.7 Å². The number of nitrogens with zero attached hydrogens (tertiary/aromatic N) is 5. The lowest BCUT2D eigenvalue weighted by Crippen LogP contribution is -2.21. The van der Waals surface area contributed by atoms with Gasteiger partial charge in [-0.3, -0.25) is 5.32 Å². The van der Waals surface area contributed by atoms with E-state index in [1.54, 1.807) is 53.4 Å². The van der Waals surface area contributed by atoms with Gasteiger partial charge < -0.3 is 9.30 Å². The molecule has 0 unspecified atom stereocenters. The lowest BCUT2D eigenvalue weighted by atomic mass is 10.2. The molecule has 0 bridgehead atoms. The third kappa shape index (κ3) is 3.85. The molecule has 0 aliphatic heterocycles. The number of carbonyl (C=O) groups is 1. The van der Waals surface area contributed by atoms with Crippen molar-refractivity contribution in [2.24, 2.45) is 0 Å². The normalized spacial score (nSPS) is 11.3. The molecule has 4 aromatic rings. The van der Waals surface area contributed by atoms with Gasteiger partial charge in [0, 0.05) is 24.8 Å². The zero-order chi connectivity index (χ0) is 21.1. The summed E-state index contributed by atoms with van der Waals surface area (Å²) >= 11 is 0. The molecule has 3 heterocycles. The summed E-state index contributed by atoms with van der Waals surface area (Å²) in [7, 11) is 0. The second-order valence-corrected chi connectivity index (χ2v) is 5.94. The molecule has 11 heteroatoms. The minimum Gasteiger partial charge on any atom is -0.406 e. The van der Waals surface area contributed by atoms with Gasteiger partial charge in [-0.15, -0.1) is 0 Å². The maximum atomic E-state index is 13.6. The fourth-order valence-electron chi connectivity index (χ4n) is 2.76. The Bertz CT molecular complexity index is 1160. The Morgan fingerprint density at radius 3 is 2.40 bits per heavy atom. The highest BCUT2D eigenvalue weighted by Gasteiger charge is 2.41. The molecule has 0 spiro atoms. The number of ether oxygens (including phenoxy) is 1. The number of anilines is 1. The first kappa shape index (κ1) is 19.2. The fraction of sp³-hybridized carbons (Fsp3) is 0.0526. The Hall–Kier alpha value is -4.15. The van der Waals surface area contributed by atoms with Crippen LogP contribution in [-0.4, -0.2) is 30.4 Å². The molecule has 152 valence electrons. The molecule has 1 N–H and O–H groups in total. The Kier molecular flexibility index (Phi) is 4.92. The molecule has 1 amide bonds. The summed E-state index contributed by atoms with van der Waals surface area (Å²) < 4.78 is 48.0. The highest BCUT2D eigenvalue weighted by atomic mass is 19.4. The van der Waals surface area contributed by atoms with Gasteiger partial charge in [0.1, 0.15) is 0 Å². The van der Waals surface area contributed by atoms with Crippen molar-refractivity contribution in [2.75, 3.05) is 5.32 Å². The van der Waals surface area contributed by atoms with Gasteiger partial charge in [-0.25, -0.2) is 14.8 Å². The zero-order valence-corrected chi connectivity index (χ0v) is 15.1. The van der Waals surface area contributed by atoms with E-state index in [0.717, 1.165) is 6.20 Å². The van der Waals surface area contributed by atoms with Crippen molar-refractivity contribution in [3.05, 3.63) is 79.1 Å². The molecular formula is C19H13F3N6O2. The van der Waals surface area contributed by atoms with Crippen LogP contribution < -0.4 is 10.1 Å². The third-order valence-corrected chi connectivity index (χ3v) is 3.97. The van der Waals surface area contributed by atoms with E-state index in [1.807, 2.05) is 0 Å². The van der Waals surface area contributed by atoms with Crippen molar-refractivity contribution in [1.29, 1.82) is 0 Å². The maximum absolute atomic E-state index is 13.6. The number of carbonyl (C=O) groups excluding carboxylic acids is 1. The van der Waals surface area contributed by atoms with Crippen LogP contribution in [0, 0.1) is 0 Å². The first-order valence-electron chi connectivity index (χ1n) is 8.57. The van der Waals surface area contributed by atoms with E-state index in [2.05, 4.69) is 20.4 Å². The Morgan fingerprint density at radius 1 is 1.00 bits per heavy atom. The summed E-state index contributed by atoms with van der Waals surface area (Å²) in [6.45, 7) is 0. The number of amides is 1. The minimum absolute atomic E-state index is 0.307. The molecular weight excluding hydrogens is 401 g/mol. The van der Waals surface area contributed by atoms with E-state index in [1.165, 1.54) is 18.5 Å². The van der Waals surface area contributed by atoms with E-state index in [-0.39, 0.29) is 5.95 Å². The number of nitrogens with one attached hydrogen (secondary N) is 1. The lowest BCUT2D eigenvalue weighted by molar-refractivity contribution is -0.143. The summed E-state index contributed by atoms with van der Waals surface area (Å²) in [5.74, 6) is -1.08. The Balaban J connectivity index is 1.62. The molecule has 0 saturated carbocycles. The van der Waals surface area contributed by atoms with Crippen molar-refractivity contribution >= 4 is 11.8 Å². The molecule has 0 atom stereocenters. The molecule has 3 aromatic heterocycles. The number of halogens is 3. The molecule has 0 aliphatic rings. The van der Waals surface area contributed by atoms with Crippen molar-refractivity contribution in [2.45, 2.75) is 6.18 Å². The van der Waals surface area contributed by atoms with Crippen LogP contribution in [0.3, 0.4) is 0 Å². The van der Waals surface area contributed by atoms with Gasteiger partial charge in [-0.05, 0) is 30.3 Å². The van der Waals surface area contributed by atoms with Gasteiger partial charge in [0.15, 0.2) is 11.4 Å². The molecule has 30 heavy (non-hydrogen) atoms. The molecule has 4 rings (SSSR count). The monoisotopic (exact) mass is 414 g/mol. The molecule has 0 fully saturated rings. The van der Waals surface area contributed by atoms with E-state index < -0.39 is 23.7 Å². The predicted molar refractivity (Wildman–Crippen MR) is 99.6 cm³/mol. The highest BCUT2D eigenvalue weighted by molar-refractivity contribution is 5.89. The van der Waals surface area contributed by atoms with Crippen molar-refractivity contribution < 1.29 is 22.7 Å². The van der Waals surface area contributed by atoms with Gasteiger partial charge >= 0.3 is 12.3 Å². The Labute approximate surface area is 167 Å². The van der Waals surface area contributed by atoms with Gasteiger partial charge in [0.05, 0.1) is 17.6 Å². The van der Waals surface area contributed by atoms with Gasteiger partial charge in [0.25, 0.3) is 5.95 Å². The third-order valence-electron chi connectivity index (χ3n) is 3.97. The summed E-state index contributed by atoms with van der Waals surface area (Å²) in [5.41, 5.74) is -0.336. The quantitative estimate of drug-likeness (QED) is 0.544. The molecule has 0 saturated heterocycles. The highest BCUT2D eigenvalue weighted by Crippen LogP contribution is 2.37. The van der Waals surface area contributed by atoms with Crippen molar-refractivity contribution in [3.63, 3.8) is 0 Å². The molecule has 0 aliphatic carbocycles. The summed E-state index contributed by atoms with van der Waals surface area (Å²) in [6.07, 6.45) is 0.888. The zero-order valence-electron chi connectivity index (χ0n) is 15.1. The minimum atomic E-state index is -4.87. The summed E-state index contributed by atoms with van der Waals surface area (Å²) in [5, 5.41) is 6.09. The van der Waals surface area contributed by atoms with E-state index in [0.29, 0.717) is 16.1 Å². The van der Waals surface area contributed by atoms with Gasteiger partial charge in [0.2, 0.25) is 0 Å². The summed E-state index contributed by atoms with van der Waals surface area (Å²) in [6, 6.07) is 11.8. The predicted octanol–water partition coefficient (Wildman–Crippen LogP) is 4.08. The number of rotatable bonds is 4. The van der Waals surface area contributed by atoms with Gasteiger partial charge in [-0.1, -0.05) is 12.1 Å². The standard InChI is InChI=1S/C19H13F3N6O2/c20-19(21,22)16-15(12-25-28(16)17-23-8-5-9-24-17)30-18(29)26-13-6-1-2-7-14(13)27-10-3-4-11-27/h1-12H,(H,26,29). The summed E-state index contributed by atoms with van der Waals surface area (Å²) in [4.78, 5) is 19.9. The largest absolute Gasteiger partial charge is 0.437 e. The van der Waals surface area contributed by atoms with E-state index >= 15 is 0 Å². The van der Waals surface area contributed by atoms with Crippen LogP contribution in [-0.2, 0) is 6.18 Å². The number of aromatic nitrogens is 5. The van der Waals surface area contributed by atoms with E-state index in [9.17, 15) is 18.0 Å². The average molecular weight is 414 g/mol. The van der Waals surface area contributed by atoms with Crippen LogP contribution in [0.1, 0.15) is 5.69 Å². The van der Waals surface area contributed by atoms with Crippen molar-refractivity contribution in [3.8, 4) is 17.4 Å². The van der Waals surface area contributed by atoms with E-state index in [4.69, 9.17) is 4.74 Å². The Morgan fingerprint density at radius 2 is 1.70 bits per heavy atom. The van der Waals surface area contributed by atoms with Crippen LogP contribution in [0.5, 0.6) is 5.75 Å². The average Bonchev–Trinajstić information content (AvgIpc) is 3.39. The second kappa shape index (κ2) is 7.70. The number of alkyl halides is 3. The first-order chi connectivity index (χ1) is 14.4. The number of para-hydroxylation sites is 2. The SMILES string of the molecule is O=C(Nc1ccccc1-n1cccc1)Oc1cnn(-c2ncccn2)c1C(F)(F)F. The molecule has 1 aromatic carbocycles. The van der Waals surface area contributed by atoms with Crippen LogP contribution in [0.2, 0.25) is 0 Å². The topological polar surface area (TPSA) is 86.9 Å². The molecule has 0 radical (unpaired) electrons. The number of hydrogen-bond donors (Lipinski definition) is 1. The van der Waals surface area contributed by atoms with Crippen LogP contribution in [0.15, 0.2) is 73.4 Å². The fourth-order valence-corrected chi connectivity index (χ4v) is 2.76. The lowest BCUT2D eigenvalue weighted by Gasteiger charge is -2.13. The smallest absolute Gasteiger partial charge is 0.406 e. The first-order valence-corrected chi connectivity index (χ1v) is 8.57. The van der Waals surface area contributed by atoms with Gasteiger partial charge in [-0.2, -0.15) is 23.0 Å².